The highest BCUT2D eigenvalue weighted by atomic mass is 19.4. The molecule has 0 aromatic carbocycles. The van der Waals surface area contributed by atoms with Gasteiger partial charge >= 0.3 is 6.36 Å². The fraction of sp³-hybridized carbons (Fsp3) is 0.368. The monoisotopic (exact) mass is 391 g/mol. The molecule has 9 heteroatoms. The van der Waals surface area contributed by atoms with Crippen molar-refractivity contribution in [2.75, 3.05) is 18.4 Å². The van der Waals surface area contributed by atoms with Gasteiger partial charge in [-0.05, 0) is 23.6 Å². The number of hydrogen-bond donors (Lipinski definition) is 2. The number of halogens is 3. The summed E-state index contributed by atoms with van der Waals surface area (Å²) in [6, 6.07) is 8.37. The molecule has 148 valence electrons. The first-order chi connectivity index (χ1) is 13.2. The van der Waals surface area contributed by atoms with Gasteiger partial charge in [-0.15, -0.1) is 13.2 Å². The molecule has 1 aliphatic rings. The fourth-order valence-corrected chi connectivity index (χ4v) is 3.37. The highest BCUT2D eigenvalue weighted by Gasteiger charge is 2.34. The number of rotatable bonds is 4. The molecule has 3 aromatic heterocycles. The lowest BCUT2D eigenvalue weighted by Gasteiger charge is -2.27. The summed E-state index contributed by atoms with van der Waals surface area (Å²) in [5.41, 5.74) is 1.81. The average molecular weight is 391 g/mol. The molecule has 1 fully saturated rings. The second-order valence-electron chi connectivity index (χ2n) is 7.51. The molecule has 4 heterocycles. The number of nitrogens with zero attached hydrogens (tertiary/aromatic N) is 3. The number of pyridine rings is 2. The molecule has 2 N–H and O–H groups in total. The second-order valence-corrected chi connectivity index (χ2v) is 7.51. The third kappa shape index (κ3) is 3.75. The van der Waals surface area contributed by atoms with Crippen molar-refractivity contribution in [2.45, 2.75) is 26.3 Å². The third-order valence-corrected chi connectivity index (χ3v) is 4.92. The quantitative estimate of drug-likeness (QED) is 0.710. The molecular formula is C19H20F3N5O. The Hall–Kier alpha value is -2.81. The van der Waals surface area contributed by atoms with Gasteiger partial charge in [-0.2, -0.15) is 0 Å². The minimum atomic E-state index is -4.74. The number of ether oxygens (including phenoxy) is 1. The normalized spacial score (nSPS) is 19.1. The van der Waals surface area contributed by atoms with Gasteiger partial charge in [0.05, 0.1) is 17.6 Å². The van der Waals surface area contributed by atoms with E-state index in [2.05, 4.69) is 39.2 Å². The van der Waals surface area contributed by atoms with Crippen LogP contribution in [0.2, 0.25) is 0 Å². The van der Waals surface area contributed by atoms with E-state index in [1.807, 2.05) is 18.2 Å². The van der Waals surface area contributed by atoms with E-state index in [0.717, 1.165) is 18.9 Å². The number of hydrogen-bond acceptors (Lipinski definition) is 5. The van der Waals surface area contributed by atoms with Crippen molar-refractivity contribution in [3.8, 4) is 17.1 Å². The Morgan fingerprint density at radius 3 is 2.82 bits per heavy atom. The summed E-state index contributed by atoms with van der Waals surface area (Å²) in [5, 5.41) is 6.84. The van der Waals surface area contributed by atoms with E-state index < -0.39 is 6.36 Å². The van der Waals surface area contributed by atoms with Gasteiger partial charge < -0.3 is 15.4 Å². The topological polar surface area (TPSA) is 63.5 Å². The zero-order valence-electron chi connectivity index (χ0n) is 15.4. The van der Waals surface area contributed by atoms with Crippen molar-refractivity contribution in [1.82, 2.24) is 19.7 Å². The van der Waals surface area contributed by atoms with Crippen LogP contribution in [-0.2, 0) is 0 Å². The van der Waals surface area contributed by atoms with E-state index in [0.29, 0.717) is 17.0 Å². The molecular weight excluding hydrogens is 371 g/mol. The van der Waals surface area contributed by atoms with Crippen LogP contribution in [0.25, 0.3) is 17.0 Å². The summed E-state index contributed by atoms with van der Waals surface area (Å²) < 4.78 is 42.9. The lowest BCUT2D eigenvalue weighted by molar-refractivity contribution is -0.274. The van der Waals surface area contributed by atoms with Gasteiger partial charge in [0.2, 0.25) is 0 Å². The standard InChI is InChI=1S/C19H20F3N5O/c1-18(2)11-23-10-15(18)26-16-5-3-4-13(25-16)14-9-24-17-8-12(6-7-27(14)17)28-19(20,21)22/h3-9,15,23H,10-11H2,1-2H3,(H,25,26). The molecule has 6 nitrogen and oxygen atoms in total. The minimum Gasteiger partial charge on any atom is -0.406 e. The molecule has 0 radical (unpaired) electrons. The molecule has 4 rings (SSSR count). The zero-order valence-corrected chi connectivity index (χ0v) is 15.4. The highest BCUT2D eigenvalue weighted by Crippen LogP contribution is 2.29. The van der Waals surface area contributed by atoms with Crippen LogP contribution in [0.1, 0.15) is 13.8 Å². The number of imidazole rings is 1. The molecule has 1 atom stereocenters. The van der Waals surface area contributed by atoms with Gasteiger partial charge in [-0.25, -0.2) is 9.97 Å². The largest absolute Gasteiger partial charge is 0.573 e. The highest BCUT2D eigenvalue weighted by molar-refractivity contribution is 5.63. The zero-order chi connectivity index (χ0) is 19.9. The van der Waals surface area contributed by atoms with E-state index in [-0.39, 0.29) is 17.2 Å². The molecule has 0 bridgehead atoms. The summed E-state index contributed by atoms with van der Waals surface area (Å²) in [4.78, 5) is 8.85. The van der Waals surface area contributed by atoms with Gasteiger partial charge in [0.25, 0.3) is 0 Å². The minimum absolute atomic E-state index is 0.107. The lowest BCUT2D eigenvalue weighted by atomic mass is 9.88. The average Bonchev–Trinajstić information content (AvgIpc) is 3.16. The summed E-state index contributed by atoms with van der Waals surface area (Å²) in [5.74, 6) is 0.433. The van der Waals surface area contributed by atoms with Crippen molar-refractivity contribution < 1.29 is 17.9 Å². The smallest absolute Gasteiger partial charge is 0.406 e. The molecule has 0 aliphatic carbocycles. The van der Waals surface area contributed by atoms with Crippen molar-refractivity contribution in [1.29, 1.82) is 0 Å². The number of nitrogens with one attached hydrogen (secondary N) is 2. The summed E-state index contributed by atoms with van der Waals surface area (Å²) in [6.45, 7) is 6.18. The molecule has 3 aromatic rings. The molecule has 0 spiro atoms. The maximum absolute atomic E-state index is 12.4. The Kier molecular flexibility index (Phi) is 4.41. The van der Waals surface area contributed by atoms with E-state index in [4.69, 9.17) is 0 Å². The number of anilines is 1. The maximum atomic E-state index is 12.4. The molecule has 1 unspecified atom stereocenters. The van der Waals surface area contributed by atoms with Crippen LogP contribution in [0.5, 0.6) is 5.75 Å². The molecule has 1 aliphatic heterocycles. The van der Waals surface area contributed by atoms with E-state index in [1.54, 1.807) is 10.6 Å². The number of aromatic nitrogens is 3. The lowest BCUT2D eigenvalue weighted by Crippen LogP contribution is -2.34. The predicted molar refractivity (Wildman–Crippen MR) is 99.2 cm³/mol. The van der Waals surface area contributed by atoms with Gasteiger partial charge in [0.15, 0.2) is 0 Å². The summed E-state index contributed by atoms with van der Waals surface area (Å²) in [6.07, 6.45) is -1.66. The number of fused-ring (bicyclic) bond motifs is 1. The van der Waals surface area contributed by atoms with Crippen molar-refractivity contribution in [3.63, 3.8) is 0 Å². The van der Waals surface area contributed by atoms with Crippen LogP contribution >= 0.6 is 0 Å². The summed E-state index contributed by atoms with van der Waals surface area (Å²) in [7, 11) is 0. The molecule has 28 heavy (non-hydrogen) atoms. The molecule has 0 saturated carbocycles. The molecule has 1 saturated heterocycles. The Morgan fingerprint density at radius 1 is 1.29 bits per heavy atom. The maximum Gasteiger partial charge on any atom is 0.573 e. The Morgan fingerprint density at radius 2 is 2.11 bits per heavy atom. The SMILES string of the molecule is CC1(C)CNCC1Nc1cccc(-c2cnc3cc(OC(F)(F)F)ccn23)n1. The van der Waals surface area contributed by atoms with Crippen molar-refractivity contribution >= 4 is 11.5 Å². The first-order valence-corrected chi connectivity index (χ1v) is 8.89. The van der Waals surface area contributed by atoms with Gasteiger partial charge in [-0.3, -0.25) is 4.40 Å². The van der Waals surface area contributed by atoms with Crippen molar-refractivity contribution in [3.05, 3.63) is 42.7 Å². The third-order valence-electron chi connectivity index (χ3n) is 4.92. The summed E-state index contributed by atoms with van der Waals surface area (Å²) >= 11 is 0. The van der Waals surface area contributed by atoms with Crippen LogP contribution in [-0.4, -0.2) is 39.9 Å². The second kappa shape index (κ2) is 6.66. The van der Waals surface area contributed by atoms with Gasteiger partial charge in [0, 0.05) is 31.4 Å². The predicted octanol–water partition coefficient (Wildman–Crippen LogP) is 3.70. The number of alkyl halides is 3. The van der Waals surface area contributed by atoms with Gasteiger partial charge in [-0.1, -0.05) is 19.9 Å². The Balaban J connectivity index is 1.61. The van der Waals surface area contributed by atoms with Crippen LogP contribution in [0.3, 0.4) is 0 Å². The van der Waals surface area contributed by atoms with Crippen LogP contribution in [0, 0.1) is 5.41 Å². The van der Waals surface area contributed by atoms with E-state index in [1.165, 1.54) is 18.3 Å². The Labute approximate surface area is 159 Å². The van der Waals surface area contributed by atoms with Gasteiger partial charge in [0.1, 0.15) is 17.2 Å². The van der Waals surface area contributed by atoms with E-state index in [9.17, 15) is 13.2 Å². The van der Waals surface area contributed by atoms with Crippen LogP contribution < -0.4 is 15.4 Å². The Bertz CT molecular complexity index is 999. The molecule has 0 amide bonds. The fourth-order valence-electron chi connectivity index (χ4n) is 3.37. The van der Waals surface area contributed by atoms with Crippen LogP contribution in [0.15, 0.2) is 42.7 Å². The van der Waals surface area contributed by atoms with Crippen LogP contribution in [0.4, 0.5) is 19.0 Å². The first kappa shape index (κ1) is 18.5. The first-order valence-electron chi connectivity index (χ1n) is 8.89. The van der Waals surface area contributed by atoms with E-state index >= 15 is 0 Å². The van der Waals surface area contributed by atoms with Crippen molar-refractivity contribution in [2.24, 2.45) is 5.41 Å².